The summed E-state index contributed by atoms with van der Waals surface area (Å²) in [6, 6.07) is 8.80. The van der Waals surface area contributed by atoms with Gasteiger partial charge in [-0.1, -0.05) is 18.2 Å². The van der Waals surface area contributed by atoms with Gasteiger partial charge < -0.3 is 10.3 Å². The molecule has 2 heterocycles. The van der Waals surface area contributed by atoms with Gasteiger partial charge in [-0.15, -0.1) is 5.10 Å². The summed E-state index contributed by atoms with van der Waals surface area (Å²) in [5.74, 6) is 0.844. The van der Waals surface area contributed by atoms with Crippen molar-refractivity contribution in [1.82, 2.24) is 30.5 Å². The van der Waals surface area contributed by atoms with Crippen LogP contribution in [0.25, 0.3) is 16.6 Å². The van der Waals surface area contributed by atoms with E-state index in [1.807, 2.05) is 24.4 Å². The number of para-hydroxylation sites is 1. The highest BCUT2D eigenvalue weighted by molar-refractivity contribution is 5.88. The Morgan fingerprint density at radius 2 is 2.21 bits per heavy atom. The first kappa shape index (κ1) is 10.7. The molecule has 1 saturated carbocycles. The zero-order valence-corrected chi connectivity index (χ0v) is 10.4. The van der Waals surface area contributed by atoms with Crippen molar-refractivity contribution in [3.63, 3.8) is 0 Å². The Morgan fingerprint density at radius 1 is 1.32 bits per heavy atom. The standard InChI is InChI=1S/C13H14N6/c1-2-4-11-10(3-1)12(7-15-11)19-13(16-17-18-19)8-14-9-5-6-9/h1-4,7,9,14-15H,5-6,8H2. The molecule has 2 N–H and O–H groups in total. The van der Waals surface area contributed by atoms with Gasteiger partial charge in [-0.25, -0.2) is 0 Å². The van der Waals surface area contributed by atoms with Gasteiger partial charge in [-0.05, 0) is 29.3 Å². The van der Waals surface area contributed by atoms with E-state index in [1.54, 1.807) is 4.68 Å². The van der Waals surface area contributed by atoms with E-state index in [9.17, 15) is 0 Å². The van der Waals surface area contributed by atoms with Crippen LogP contribution in [0.15, 0.2) is 30.5 Å². The van der Waals surface area contributed by atoms with Crippen molar-refractivity contribution in [3.8, 4) is 5.69 Å². The monoisotopic (exact) mass is 254 g/mol. The van der Waals surface area contributed by atoms with Gasteiger partial charge in [0.05, 0.1) is 12.2 Å². The molecular weight excluding hydrogens is 240 g/mol. The first-order chi connectivity index (χ1) is 9.42. The van der Waals surface area contributed by atoms with Crippen molar-refractivity contribution in [2.75, 3.05) is 0 Å². The topological polar surface area (TPSA) is 71.4 Å². The van der Waals surface area contributed by atoms with Crippen molar-refractivity contribution in [1.29, 1.82) is 0 Å². The molecule has 1 aliphatic rings. The smallest absolute Gasteiger partial charge is 0.170 e. The molecule has 1 fully saturated rings. The van der Waals surface area contributed by atoms with Crippen LogP contribution in [0.2, 0.25) is 0 Å². The molecule has 0 spiro atoms. The summed E-state index contributed by atoms with van der Waals surface area (Å²) in [5, 5.41) is 16.6. The molecule has 6 heteroatoms. The Labute approximate surface area is 109 Å². The number of nitrogens with one attached hydrogen (secondary N) is 2. The average Bonchev–Trinajstić information content (AvgIpc) is 3.00. The molecule has 4 rings (SSSR count). The van der Waals surface area contributed by atoms with Crippen molar-refractivity contribution < 1.29 is 0 Å². The molecule has 0 radical (unpaired) electrons. The lowest BCUT2D eigenvalue weighted by Crippen LogP contribution is -2.18. The average molecular weight is 254 g/mol. The number of nitrogens with zero attached hydrogens (tertiary/aromatic N) is 4. The number of benzene rings is 1. The number of hydrogen-bond donors (Lipinski definition) is 2. The van der Waals surface area contributed by atoms with Gasteiger partial charge in [0.25, 0.3) is 0 Å². The van der Waals surface area contributed by atoms with Gasteiger partial charge in [0.2, 0.25) is 0 Å². The molecule has 0 unspecified atom stereocenters. The van der Waals surface area contributed by atoms with Crippen LogP contribution < -0.4 is 5.32 Å². The van der Waals surface area contributed by atoms with E-state index >= 15 is 0 Å². The minimum atomic E-state index is 0.646. The second-order valence-corrected chi connectivity index (χ2v) is 4.88. The second-order valence-electron chi connectivity index (χ2n) is 4.88. The van der Waals surface area contributed by atoms with Gasteiger partial charge in [0.15, 0.2) is 5.82 Å². The van der Waals surface area contributed by atoms with Gasteiger partial charge in [-0.2, -0.15) is 4.68 Å². The van der Waals surface area contributed by atoms with E-state index in [-0.39, 0.29) is 0 Å². The number of aromatic amines is 1. The summed E-state index contributed by atoms with van der Waals surface area (Å²) in [7, 11) is 0. The highest BCUT2D eigenvalue weighted by Gasteiger charge is 2.21. The summed E-state index contributed by atoms with van der Waals surface area (Å²) < 4.78 is 1.80. The molecule has 6 nitrogen and oxygen atoms in total. The van der Waals surface area contributed by atoms with E-state index in [4.69, 9.17) is 0 Å². The molecule has 0 aliphatic heterocycles. The highest BCUT2D eigenvalue weighted by atomic mass is 15.5. The van der Waals surface area contributed by atoms with Crippen LogP contribution in [0.1, 0.15) is 18.7 Å². The van der Waals surface area contributed by atoms with Crippen LogP contribution in [-0.2, 0) is 6.54 Å². The predicted molar refractivity (Wildman–Crippen MR) is 70.9 cm³/mol. The molecule has 0 amide bonds. The summed E-state index contributed by atoms with van der Waals surface area (Å²) >= 11 is 0. The summed E-state index contributed by atoms with van der Waals surface area (Å²) in [4.78, 5) is 3.24. The fourth-order valence-electron chi connectivity index (χ4n) is 2.26. The zero-order valence-electron chi connectivity index (χ0n) is 10.4. The van der Waals surface area contributed by atoms with Gasteiger partial charge in [0, 0.05) is 23.1 Å². The third-order valence-electron chi connectivity index (χ3n) is 3.46. The Morgan fingerprint density at radius 3 is 3.11 bits per heavy atom. The molecule has 2 aromatic heterocycles. The highest BCUT2D eigenvalue weighted by Crippen LogP contribution is 2.22. The van der Waals surface area contributed by atoms with Crippen molar-refractivity contribution in [2.24, 2.45) is 0 Å². The Hall–Kier alpha value is -2.21. The SMILES string of the molecule is c1ccc2c(-n3nnnc3CNC3CC3)c[nH]c2c1. The molecule has 1 aliphatic carbocycles. The third-order valence-corrected chi connectivity index (χ3v) is 3.46. The van der Waals surface area contributed by atoms with E-state index in [0.717, 1.165) is 22.4 Å². The minimum absolute atomic E-state index is 0.646. The van der Waals surface area contributed by atoms with Gasteiger partial charge in [0.1, 0.15) is 0 Å². The van der Waals surface area contributed by atoms with Gasteiger partial charge >= 0.3 is 0 Å². The first-order valence-corrected chi connectivity index (χ1v) is 6.49. The van der Waals surface area contributed by atoms with Crippen LogP contribution >= 0.6 is 0 Å². The summed E-state index contributed by atoms with van der Waals surface area (Å²) in [6.45, 7) is 0.706. The number of aromatic nitrogens is 5. The Kier molecular flexibility index (Phi) is 2.34. The van der Waals surface area contributed by atoms with Crippen LogP contribution in [-0.4, -0.2) is 31.2 Å². The number of H-pyrrole nitrogens is 1. The molecule has 96 valence electrons. The van der Waals surface area contributed by atoms with E-state index in [0.29, 0.717) is 12.6 Å². The minimum Gasteiger partial charge on any atom is -0.359 e. The number of tetrazole rings is 1. The second kappa shape index (κ2) is 4.17. The van der Waals surface area contributed by atoms with Crippen molar-refractivity contribution in [3.05, 3.63) is 36.3 Å². The maximum atomic E-state index is 4.10. The quantitative estimate of drug-likeness (QED) is 0.738. The molecule has 3 aromatic rings. The van der Waals surface area contributed by atoms with E-state index < -0.39 is 0 Å². The number of fused-ring (bicyclic) bond motifs is 1. The lowest BCUT2D eigenvalue weighted by Gasteiger charge is -2.03. The predicted octanol–water partition coefficient (Wildman–Crippen LogP) is 1.40. The van der Waals surface area contributed by atoms with Gasteiger partial charge in [-0.3, -0.25) is 0 Å². The lowest BCUT2D eigenvalue weighted by atomic mass is 10.2. The van der Waals surface area contributed by atoms with E-state index in [1.165, 1.54) is 12.8 Å². The summed E-state index contributed by atoms with van der Waals surface area (Å²) in [6.07, 6.45) is 4.46. The van der Waals surface area contributed by atoms with Crippen LogP contribution in [0.3, 0.4) is 0 Å². The molecule has 0 saturated heterocycles. The Bertz CT molecular complexity index is 709. The molecule has 0 atom stereocenters. The normalized spacial score (nSPS) is 15.2. The number of hydrogen-bond acceptors (Lipinski definition) is 4. The summed E-state index contributed by atoms with van der Waals surface area (Å²) in [5.41, 5.74) is 2.09. The van der Waals surface area contributed by atoms with E-state index in [2.05, 4.69) is 31.9 Å². The fourth-order valence-corrected chi connectivity index (χ4v) is 2.26. The third kappa shape index (κ3) is 1.90. The van der Waals surface area contributed by atoms with Crippen molar-refractivity contribution >= 4 is 10.9 Å². The fraction of sp³-hybridized carbons (Fsp3) is 0.308. The van der Waals surface area contributed by atoms with Crippen LogP contribution in [0.5, 0.6) is 0 Å². The molecule has 1 aromatic carbocycles. The molecule has 0 bridgehead atoms. The Balaban J connectivity index is 1.72. The molecular formula is C13H14N6. The van der Waals surface area contributed by atoms with Crippen molar-refractivity contribution in [2.45, 2.75) is 25.4 Å². The number of rotatable bonds is 4. The van der Waals surface area contributed by atoms with Crippen LogP contribution in [0, 0.1) is 0 Å². The largest absolute Gasteiger partial charge is 0.359 e. The lowest BCUT2D eigenvalue weighted by molar-refractivity contribution is 0.638. The van der Waals surface area contributed by atoms with Crippen LogP contribution in [0.4, 0.5) is 0 Å². The first-order valence-electron chi connectivity index (χ1n) is 6.49. The maximum Gasteiger partial charge on any atom is 0.170 e. The zero-order chi connectivity index (χ0) is 12.7. The molecule has 19 heavy (non-hydrogen) atoms. The maximum absolute atomic E-state index is 4.10.